The Labute approximate surface area is 102 Å². The lowest BCUT2D eigenvalue weighted by molar-refractivity contribution is 0.988. The van der Waals surface area contributed by atoms with Crippen molar-refractivity contribution < 1.29 is 0 Å². The molecule has 4 nitrogen and oxygen atoms in total. The van der Waals surface area contributed by atoms with Gasteiger partial charge in [0.1, 0.15) is 11.6 Å². The van der Waals surface area contributed by atoms with Gasteiger partial charge in [-0.1, -0.05) is 6.07 Å². The first-order valence-corrected chi connectivity index (χ1v) is 5.68. The summed E-state index contributed by atoms with van der Waals surface area (Å²) in [5.41, 5.74) is 0.977. The van der Waals surface area contributed by atoms with Gasteiger partial charge >= 0.3 is 0 Å². The SMILES string of the molecule is Cc1ncc(Br)c(NCc2ccccn2)n1. The van der Waals surface area contributed by atoms with Crippen molar-refractivity contribution in [3.8, 4) is 0 Å². The smallest absolute Gasteiger partial charge is 0.144 e. The molecule has 0 radical (unpaired) electrons. The number of nitrogens with zero attached hydrogens (tertiary/aromatic N) is 3. The van der Waals surface area contributed by atoms with Gasteiger partial charge < -0.3 is 5.32 Å². The molecule has 0 spiro atoms. The Morgan fingerprint density at radius 2 is 2.19 bits per heavy atom. The van der Waals surface area contributed by atoms with E-state index in [0.717, 1.165) is 21.8 Å². The molecule has 2 aromatic heterocycles. The summed E-state index contributed by atoms with van der Waals surface area (Å²) in [6.07, 6.45) is 3.51. The van der Waals surface area contributed by atoms with Crippen LogP contribution in [0.25, 0.3) is 0 Å². The second-order valence-corrected chi connectivity index (χ2v) is 4.14. The number of hydrogen-bond acceptors (Lipinski definition) is 4. The van der Waals surface area contributed by atoms with Crippen LogP contribution in [0, 0.1) is 6.92 Å². The quantitative estimate of drug-likeness (QED) is 0.938. The highest BCUT2D eigenvalue weighted by atomic mass is 79.9. The van der Waals surface area contributed by atoms with Crippen LogP contribution >= 0.6 is 15.9 Å². The first-order valence-electron chi connectivity index (χ1n) is 4.88. The fourth-order valence-corrected chi connectivity index (χ4v) is 1.59. The van der Waals surface area contributed by atoms with Gasteiger partial charge in [0.05, 0.1) is 16.7 Å². The van der Waals surface area contributed by atoms with Crippen molar-refractivity contribution in [1.82, 2.24) is 15.0 Å². The monoisotopic (exact) mass is 278 g/mol. The van der Waals surface area contributed by atoms with Crippen LogP contribution in [0.5, 0.6) is 0 Å². The lowest BCUT2D eigenvalue weighted by Gasteiger charge is -2.07. The third kappa shape index (κ3) is 2.76. The maximum Gasteiger partial charge on any atom is 0.144 e. The summed E-state index contributed by atoms with van der Waals surface area (Å²) in [7, 11) is 0. The Kier molecular flexibility index (Phi) is 3.46. The zero-order valence-electron chi connectivity index (χ0n) is 8.81. The van der Waals surface area contributed by atoms with Crippen molar-refractivity contribution in [2.75, 3.05) is 5.32 Å². The van der Waals surface area contributed by atoms with E-state index in [-0.39, 0.29) is 0 Å². The molecule has 2 heterocycles. The molecule has 0 amide bonds. The van der Waals surface area contributed by atoms with Gasteiger partial charge in [0.2, 0.25) is 0 Å². The van der Waals surface area contributed by atoms with E-state index in [1.54, 1.807) is 12.4 Å². The lowest BCUT2D eigenvalue weighted by Crippen LogP contribution is -2.04. The summed E-state index contributed by atoms with van der Waals surface area (Å²) in [6, 6.07) is 5.83. The van der Waals surface area contributed by atoms with Crippen LogP contribution in [0.4, 0.5) is 5.82 Å². The highest BCUT2D eigenvalue weighted by molar-refractivity contribution is 9.10. The number of pyridine rings is 1. The molecule has 0 aliphatic heterocycles. The largest absolute Gasteiger partial charge is 0.363 e. The number of aromatic nitrogens is 3. The Hall–Kier alpha value is -1.49. The predicted molar refractivity (Wildman–Crippen MR) is 66.0 cm³/mol. The highest BCUT2D eigenvalue weighted by Crippen LogP contribution is 2.18. The lowest BCUT2D eigenvalue weighted by atomic mass is 10.3. The summed E-state index contributed by atoms with van der Waals surface area (Å²) in [6.45, 7) is 2.51. The molecule has 0 unspecified atom stereocenters. The third-order valence-electron chi connectivity index (χ3n) is 2.03. The summed E-state index contributed by atoms with van der Waals surface area (Å²) in [4.78, 5) is 12.6. The van der Waals surface area contributed by atoms with Crippen LogP contribution in [0.1, 0.15) is 11.5 Å². The first kappa shape index (κ1) is 11.0. The third-order valence-corrected chi connectivity index (χ3v) is 2.61. The van der Waals surface area contributed by atoms with E-state index < -0.39 is 0 Å². The second kappa shape index (κ2) is 5.03. The van der Waals surface area contributed by atoms with E-state index in [9.17, 15) is 0 Å². The van der Waals surface area contributed by atoms with Gasteiger partial charge in [-0.2, -0.15) is 0 Å². The Bertz CT molecular complexity index is 473. The zero-order valence-corrected chi connectivity index (χ0v) is 10.4. The fourth-order valence-electron chi connectivity index (χ4n) is 1.26. The summed E-state index contributed by atoms with van der Waals surface area (Å²) in [5, 5.41) is 3.21. The number of halogens is 1. The number of rotatable bonds is 3. The fraction of sp³-hybridized carbons (Fsp3) is 0.182. The van der Waals surface area contributed by atoms with Gasteiger partial charge in [0, 0.05) is 12.4 Å². The predicted octanol–water partition coefficient (Wildman–Crippen LogP) is 2.55. The van der Waals surface area contributed by atoms with E-state index in [0.29, 0.717) is 6.54 Å². The number of nitrogens with one attached hydrogen (secondary N) is 1. The average Bonchev–Trinajstić information content (AvgIpc) is 2.32. The Morgan fingerprint density at radius 3 is 2.94 bits per heavy atom. The molecule has 0 saturated heterocycles. The maximum atomic E-state index is 4.29. The standard InChI is InChI=1S/C11H11BrN4/c1-8-14-7-10(12)11(16-8)15-6-9-4-2-3-5-13-9/h2-5,7H,6H2,1H3,(H,14,15,16). The molecule has 82 valence electrons. The van der Waals surface area contributed by atoms with Gasteiger partial charge in [0.15, 0.2) is 0 Å². The zero-order chi connectivity index (χ0) is 11.4. The van der Waals surface area contributed by atoms with Crippen LogP contribution in [0.15, 0.2) is 35.1 Å². The van der Waals surface area contributed by atoms with Crippen LogP contribution in [-0.4, -0.2) is 15.0 Å². The van der Waals surface area contributed by atoms with Gasteiger partial charge in [-0.05, 0) is 35.0 Å². The van der Waals surface area contributed by atoms with E-state index in [2.05, 4.69) is 36.2 Å². The van der Waals surface area contributed by atoms with Crippen LogP contribution in [-0.2, 0) is 6.54 Å². The normalized spacial score (nSPS) is 10.1. The molecule has 2 aromatic rings. The van der Waals surface area contributed by atoms with E-state index in [1.807, 2.05) is 25.1 Å². The topological polar surface area (TPSA) is 50.7 Å². The van der Waals surface area contributed by atoms with Crippen molar-refractivity contribution in [2.45, 2.75) is 13.5 Å². The van der Waals surface area contributed by atoms with Crippen molar-refractivity contribution in [3.63, 3.8) is 0 Å². The molecule has 1 N–H and O–H groups in total. The molecular formula is C11H11BrN4. The van der Waals surface area contributed by atoms with E-state index in [4.69, 9.17) is 0 Å². The van der Waals surface area contributed by atoms with Gasteiger partial charge in [-0.15, -0.1) is 0 Å². The van der Waals surface area contributed by atoms with Crippen molar-refractivity contribution in [3.05, 3.63) is 46.6 Å². The average molecular weight is 279 g/mol. The molecule has 0 atom stereocenters. The van der Waals surface area contributed by atoms with Crippen molar-refractivity contribution >= 4 is 21.7 Å². The van der Waals surface area contributed by atoms with Crippen molar-refractivity contribution in [2.24, 2.45) is 0 Å². The Balaban J connectivity index is 2.08. The molecule has 0 bridgehead atoms. The van der Waals surface area contributed by atoms with Gasteiger partial charge in [0.25, 0.3) is 0 Å². The minimum atomic E-state index is 0.649. The van der Waals surface area contributed by atoms with E-state index in [1.165, 1.54) is 0 Å². The van der Waals surface area contributed by atoms with E-state index >= 15 is 0 Å². The molecule has 0 aliphatic carbocycles. The summed E-state index contributed by atoms with van der Waals surface area (Å²) < 4.78 is 0.856. The molecule has 16 heavy (non-hydrogen) atoms. The number of anilines is 1. The molecule has 0 aromatic carbocycles. The van der Waals surface area contributed by atoms with Crippen LogP contribution < -0.4 is 5.32 Å². The molecular weight excluding hydrogens is 268 g/mol. The number of aryl methyl sites for hydroxylation is 1. The molecule has 0 saturated carbocycles. The summed E-state index contributed by atoms with van der Waals surface area (Å²) in [5.74, 6) is 1.53. The van der Waals surface area contributed by atoms with Crippen molar-refractivity contribution in [1.29, 1.82) is 0 Å². The molecule has 2 rings (SSSR count). The Morgan fingerprint density at radius 1 is 1.31 bits per heavy atom. The first-order chi connectivity index (χ1) is 7.75. The summed E-state index contributed by atoms with van der Waals surface area (Å²) >= 11 is 3.40. The number of hydrogen-bond donors (Lipinski definition) is 1. The molecule has 5 heteroatoms. The van der Waals surface area contributed by atoms with Gasteiger partial charge in [-0.25, -0.2) is 9.97 Å². The maximum absolute atomic E-state index is 4.29. The van der Waals surface area contributed by atoms with Crippen LogP contribution in [0.3, 0.4) is 0 Å². The minimum absolute atomic E-state index is 0.649. The highest BCUT2D eigenvalue weighted by Gasteiger charge is 2.02. The minimum Gasteiger partial charge on any atom is -0.363 e. The molecule has 0 aliphatic rings. The van der Waals surface area contributed by atoms with Crippen LogP contribution in [0.2, 0.25) is 0 Å². The molecule has 0 fully saturated rings. The second-order valence-electron chi connectivity index (χ2n) is 3.29. The van der Waals surface area contributed by atoms with Gasteiger partial charge in [-0.3, -0.25) is 4.98 Å².